The van der Waals surface area contributed by atoms with Gasteiger partial charge in [-0.15, -0.1) is 0 Å². The third-order valence-electron chi connectivity index (χ3n) is 2.72. The zero-order chi connectivity index (χ0) is 11.5. The normalized spacial score (nSPS) is 19.6. The van der Waals surface area contributed by atoms with Gasteiger partial charge in [0, 0.05) is 6.42 Å². The molecular formula is C12H12F2O2. The molecule has 86 valence electrons. The van der Waals surface area contributed by atoms with Crippen LogP contribution in [0.25, 0.3) is 0 Å². The minimum Gasteiger partial charge on any atom is -0.373 e. The standard InChI is InChI=1S/C12H12F2O2/c13-12(14)10(15)7-11-9-4-2-1-3-8(9)5-6-16-11/h1-4,11-12H,5-7H2. The van der Waals surface area contributed by atoms with E-state index in [-0.39, 0.29) is 6.42 Å². The molecule has 1 aromatic carbocycles. The van der Waals surface area contributed by atoms with Crippen molar-refractivity contribution < 1.29 is 18.3 Å². The van der Waals surface area contributed by atoms with Gasteiger partial charge in [-0.3, -0.25) is 4.79 Å². The fraction of sp³-hybridized carbons (Fsp3) is 0.417. The van der Waals surface area contributed by atoms with Crippen LogP contribution < -0.4 is 0 Å². The second-order valence-electron chi connectivity index (χ2n) is 3.78. The Labute approximate surface area is 92.2 Å². The Hall–Kier alpha value is -1.29. The van der Waals surface area contributed by atoms with Crippen molar-refractivity contribution in [2.75, 3.05) is 6.61 Å². The van der Waals surface area contributed by atoms with Gasteiger partial charge < -0.3 is 4.74 Å². The van der Waals surface area contributed by atoms with Crippen LogP contribution in [0.1, 0.15) is 23.7 Å². The van der Waals surface area contributed by atoms with Crippen LogP contribution in [0.3, 0.4) is 0 Å². The molecule has 1 aromatic rings. The summed E-state index contributed by atoms with van der Waals surface area (Å²) in [5.74, 6) is -1.05. The summed E-state index contributed by atoms with van der Waals surface area (Å²) < 4.78 is 29.7. The van der Waals surface area contributed by atoms with Gasteiger partial charge in [0.2, 0.25) is 5.78 Å². The third kappa shape index (κ3) is 2.27. The minimum atomic E-state index is -2.90. The number of alkyl halides is 2. The Morgan fingerprint density at radius 1 is 1.44 bits per heavy atom. The molecule has 1 heterocycles. The Morgan fingerprint density at radius 2 is 2.19 bits per heavy atom. The molecule has 0 bridgehead atoms. The number of benzene rings is 1. The first-order chi connectivity index (χ1) is 7.68. The van der Waals surface area contributed by atoms with Crippen LogP contribution in [0.5, 0.6) is 0 Å². The monoisotopic (exact) mass is 226 g/mol. The Morgan fingerprint density at radius 3 is 2.94 bits per heavy atom. The first kappa shape index (κ1) is 11.2. The lowest BCUT2D eigenvalue weighted by molar-refractivity contribution is -0.132. The lowest BCUT2D eigenvalue weighted by atomic mass is 9.95. The molecule has 0 N–H and O–H groups in total. The van der Waals surface area contributed by atoms with E-state index in [9.17, 15) is 13.6 Å². The number of ketones is 1. The highest BCUT2D eigenvalue weighted by molar-refractivity contribution is 5.82. The maximum Gasteiger partial charge on any atom is 0.296 e. The fourth-order valence-corrected chi connectivity index (χ4v) is 1.92. The van der Waals surface area contributed by atoms with Crippen LogP contribution in [0.2, 0.25) is 0 Å². The molecule has 16 heavy (non-hydrogen) atoms. The largest absolute Gasteiger partial charge is 0.373 e. The summed E-state index contributed by atoms with van der Waals surface area (Å²) >= 11 is 0. The van der Waals surface area contributed by atoms with Crippen molar-refractivity contribution in [1.29, 1.82) is 0 Å². The molecule has 0 amide bonds. The van der Waals surface area contributed by atoms with Crippen molar-refractivity contribution in [3.63, 3.8) is 0 Å². The first-order valence-electron chi connectivity index (χ1n) is 5.18. The van der Waals surface area contributed by atoms with Gasteiger partial charge in [-0.05, 0) is 17.5 Å². The number of carbonyl (C=O) groups is 1. The molecule has 0 aliphatic carbocycles. The van der Waals surface area contributed by atoms with Gasteiger partial charge in [0.15, 0.2) is 0 Å². The lowest BCUT2D eigenvalue weighted by Crippen LogP contribution is -2.21. The van der Waals surface area contributed by atoms with Gasteiger partial charge in [0.25, 0.3) is 6.43 Å². The molecule has 0 spiro atoms. The van der Waals surface area contributed by atoms with Crippen LogP contribution in [-0.2, 0) is 16.0 Å². The highest BCUT2D eigenvalue weighted by atomic mass is 19.3. The maximum atomic E-state index is 12.2. The average molecular weight is 226 g/mol. The third-order valence-corrected chi connectivity index (χ3v) is 2.72. The van der Waals surface area contributed by atoms with Crippen molar-refractivity contribution >= 4 is 5.78 Å². The second kappa shape index (κ2) is 4.70. The van der Waals surface area contributed by atoms with E-state index < -0.39 is 18.3 Å². The average Bonchev–Trinajstić information content (AvgIpc) is 2.29. The summed E-state index contributed by atoms with van der Waals surface area (Å²) in [4.78, 5) is 11.0. The smallest absolute Gasteiger partial charge is 0.296 e. The van der Waals surface area contributed by atoms with E-state index >= 15 is 0 Å². The molecule has 0 aromatic heterocycles. The zero-order valence-electron chi connectivity index (χ0n) is 8.66. The molecule has 0 radical (unpaired) electrons. The summed E-state index contributed by atoms with van der Waals surface area (Å²) in [5.41, 5.74) is 1.95. The Balaban J connectivity index is 2.16. The number of fused-ring (bicyclic) bond motifs is 1. The minimum absolute atomic E-state index is 0.241. The summed E-state index contributed by atoms with van der Waals surface area (Å²) in [6.45, 7) is 0.484. The highest BCUT2D eigenvalue weighted by Crippen LogP contribution is 2.30. The first-order valence-corrected chi connectivity index (χ1v) is 5.18. The highest BCUT2D eigenvalue weighted by Gasteiger charge is 2.26. The second-order valence-corrected chi connectivity index (χ2v) is 3.78. The van der Waals surface area contributed by atoms with Crippen molar-refractivity contribution in [1.82, 2.24) is 0 Å². The molecule has 2 rings (SSSR count). The van der Waals surface area contributed by atoms with Gasteiger partial charge in [0.1, 0.15) is 0 Å². The topological polar surface area (TPSA) is 26.3 Å². The van der Waals surface area contributed by atoms with E-state index in [1.54, 1.807) is 0 Å². The van der Waals surface area contributed by atoms with Gasteiger partial charge >= 0.3 is 0 Å². The number of rotatable bonds is 3. The molecule has 1 unspecified atom stereocenters. The number of Topliss-reactive ketones (excluding diaryl/α,β-unsaturated/α-hetero) is 1. The van der Waals surface area contributed by atoms with Gasteiger partial charge in [-0.25, -0.2) is 8.78 Å². The van der Waals surface area contributed by atoms with E-state index in [1.165, 1.54) is 0 Å². The van der Waals surface area contributed by atoms with Crippen LogP contribution in [0.4, 0.5) is 8.78 Å². The summed E-state index contributed by atoms with van der Waals surface area (Å²) in [6, 6.07) is 7.50. The molecule has 1 aliphatic heterocycles. The SMILES string of the molecule is O=C(CC1OCCc2ccccc21)C(F)F. The Bertz CT molecular complexity index is 390. The summed E-state index contributed by atoms with van der Waals surface area (Å²) in [6.07, 6.45) is -2.88. The van der Waals surface area contributed by atoms with E-state index in [0.29, 0.717) is 6.61 Å². The van der Waals surface area contributed by atoms with Gasteiger partial charge in [0.05, 0.1) is 12.7 Å². The van der Waals surface area contributed by atoms with Crippen LogP contribution in [0.15, 0.2) is 24.3 Å². The zero-order valence-corrected chi connectivity index (χ0v) is 8.66. The number of ether oxygens (including phenoxy) is 1. The van der Waals surface area contributed by atoms with Crippen LogP contribution in [-0.4, -0.2) is 18.8 Å². The predicted molar refractivity (Wildman–Crippen MR) is 54.5 cm³/mol. The number of carbonyl (C=O) groups excluding carboxylic acids is 1. The lowest BCUT2D eigenvalue weighted by Gasteiger charge is -2.25. The number of halogens is 2. The molecular weight excluding hydrogens is 214 g/mol. The number of hydrogen-bond acceptors (Lipinski definition) is 2. The summed E-state index contributed by atoms with van der Waals surface area (Å²) in [7, 11) is 0. The van der Waals surface area contributed by atoms with Crippen LogP contribution in [0, 0.1) is 0 Å². The Kier molecular flexibility index (Phi) is 3.29. The van der Waals surface area contributed by atoms with Crippen molar-refractivity contribution in [3.05, 3.63) is 35.4 Å². The van der Waals surface area contributed by atoms with E-state index in [4.69, 9.17) is 4.74 Å². The molecule has 2 nitrogen and oxygen atoms in total. The van der Waals surface area contributed by atoms with E-state index in [2.05, 4.69) is 0 Å². The van der Waals surface area contributed by atoms with Crippen molar-refractivity contribution in [2.45, 2.75) is 25.4 Å². The molecule has 0 saturated heterocycles. The molecule has 4 heteroatoms. The van der Waals surface area contributed by atoms with E-state index in [0.717, 1.165) is 17.5 Å². The fourth-order valence-electron chi connectivity index (χ4n) is 1.92. The summed E-state index contributed by atoms with van der Waals surface area (Å²) in [5, 5.41) is 0. The van der Waals surface area contributed by atoms with Gasteiger partial charge in [-0.2, -0.15) is 0 Å². The molecule has 0 fully saturated rings. The van der Waals surface area contributed by atoms with Crippen LogP contribution >= 0.6 is 0 Å². The van der Waals surface area contributed by atoms with Crippen molar-refractivity contribution in [3.8, 4) is 0 Å². The van der Waals surface area contributed by atoms with E-state index in [1.807, 2.05) is 24.3 Å². The van der Waals surface area contributed by atoms with Gasteiger partial charge in [-0.1, -0.05) is 24.3 Å². The predicted octanol–water partition coefficient (Wildman–Crippen LogP) is 2.52. The molecule has 0 saturated carbocycles. The molecule has 1 aliphatic rings. The maximum absolute atomic E-state index is 12.2. The number of hydrogen-bond donors (Lipinski definition) is 0. The molecule has 1 atom stereocenters. The van der Waals surface area contributed by atoms with Crippen molar-refractivity contribution in [2.24, 2.45) is 0 Å². The quantitative estimate of drug-likeness (QED) is 0.791.